The zero-order chi connectivity index (χ0) is 28.9. The quantitative estimate of drug-likeness (QED) is 0.363. The Morgan fingerprint density at radius 3 is 2.38 bits per heavy atom. The minimum Gasteiger partial charge on any atom is -0.354 e. The van der Waals surface area contributed by atoms with Crippen molar-refractivity contribution in [1.82, 2.24) is 25.7 Å². The highest BCUT2D eigenvalue weighted by Gasteiger charge is 2.31. The second kappa shape index (κ2) is 12.6. The van der Waals surface area contributed by atoms with Crippen LogP contribution in [0.15, 0.2) is 53.1 Å². The van der Waals surface area contributed by atoms with E-state index in [1.165, 1.54) is 18.2 Å². The molecule has 0 radical (unpaired) electrons. The van der Waals surface area contributed by atoms with Crippen molar-refractivity contribution in [2.75, 3.05) is 27.2 Å². The Labute approximate surface area is 229 Å². The summed E-state index contributed by atoms with van der Waals surface area (Å²) >= 11 is 0. The summed E-state index contributed by atoms with van der Waals surface area (Å²) in [6.07, 6.45) is -0.721. The maximum Gasteiger partial charge on any atom is 0.416 e. The van der Waals surface area contributed by atoms with Crippen molar-refractivity contribution >= 4 is 11.8 Å². The van der Waals surface area contributed by atoms with Crippen LogP contribution in [0.5, 0.6) is 0 Å². The molecular formula is C28H31F4N5O3. The van der Waals surface area contributed by atoms with Crippen LogP contribution in [-0.2, 0) is 11.0 Å². The third-order valence-corrected chi connectivity index (χ3v) is 7.17. The van der Waals surface area contributed by atoms with Crippen molar-refractivity contribution < 1.29 is 31.7 Å². The zero-order valence-corrected chi connectivity index (χ0v) is 22.2. The number of benzene rings is 2. The molecule has 0 saturated heterocycles. The fourth-order valence-corrected chi connectivity index (χ4v) is 5.19. The largest absolute Gasteiger partial charge is 0.416 e. The van der Waals surface area contributed by atoms with Gasteiger partial charge in [0.05, 0.1) is 12.1 Å². The Morgan fingerprint density at radius 2 is 1.75 bits per heavy atom. The molecule has 1 unspecified atom stereocenters. The molecule has 1 heterocycles. The van der Waals surface area contributed by atoms with Gasteiger partial charge in [0.25, 0.3) is 0 Å². The Kier molecular flexibility index (Phi) is 9.18. The number of hydrogen-bond acceptors (Lipinski definition) is 6. The molecule has 4 rings (SSSR count). The molecule has 2 amide bonds. The van der Waals surface area contributed by atoms with Crippen molar-refractivity contribution in [3.05, 3.63) is 71.4 Å². The number of aromatic nitrogens is 2. The fourth-order valence-electron chi connectivity index (χ4n) is 5.19. The predicted octanol–water partition coefficient (Wildman–Crippen LogP) is 4.85. The average molecular weight is 562 g/mol. The molecule has 214 valence electrons. The molecule has 1 saturated carbocycles. The number of carbonyl (C=O) groups is 2. The molecule has 3 aromatic rings. The minimum atomic E-state index is -4.47. The van der Waals surface area contributed by atoms with Crippen LogP contribution in [-0.4, -0.2) is 54.0 Å². The van der Waals surface area contributed by atoms with Gasteiger partial charge in [-0.3, -0.25) is 9.59 Å². The lowest BCUT2D eigenvalue weighted by molar-refractivity contribution is -0.137. The molecule has 1 aromatic heterocycles. The lowest BCUT2D eigenvalue weighted by Crippen LogP contribution is -2.40. The van der Waals surface area contributed by atoms with Gasteiger partial charge >= 0.3 is 18.0 Å². The van der Waals surface area contributed by atoms with Crippen LogP contribution in [0.4, 0.5) is 17.6 Å². The number of hydrogen-bond donors (Lipinski definition) is 2. The molecule has 2 N–H and O–H groups in total. The van der Waals surface area contributed by atoms with Gasteiger partial charge in [-0.25, -0.2) is 4.39 Å². The van der Waals surface area contributed by atoms with Crippen molar-refractivity contribution in [3.63, 3.8) is 0 Å². The molecule has 0 aliphatic heterocycles. The second-order valence-corrected chi connectivity index (χ2v) is 10.2. The first-order valence-corrected chi connectivity index (χ1v) is 13.0. The van der Waals surface area contributed by atoms with E-state index >= 15 is 0 Å². The van der Waals surface area contributed by atoms with Crippen LogP contribution < -0.4 is 10.6 Å². The number of nitrogens with zero attached hydrogens (tertiary/aromatic N) is 3. The normalized spacial score (nSPS) is 18.4. The summed E-state index contributed by atoms with van der Waals surface area (Å²) in [5, 5.41) is 8.87. The number of alkyl halides is 3. The standard InChI is InChI=1S/C28H31F4N5O3/c1-37(2)24(20-4-3-5-22(29)14-20)18-8-6-17(7-9-18)15-33-23(38)16-34-26(39)27-35-25(36-40-27)19-10-12-21(13-11-19)28(30,31)32/h3-5,10-14,17-18,24H,6-9,15-16H2,1-2H3,(H,33,38)(H,34,39). The molecule has 1 atom stereocenters. The SMILES string of the molecule is CN(C)C(c1cccc(F)c1)C1CCC(CNC(=O)CNC(=O)c2nc(-c3ccc(C(F)(F)F)cc3)no2)CC1. The van der Waals surface area contributed by atoms with E-state index in [1.807, 2.05) is 20.2 Å². The first-order chi connectivity index (χ1) is 19.0. The summed E-state index contributed by atoms with van der Waals surface area (Å²) in [6.45, 7) is 0.182. The Morgan fingerprint density at radius 1 is 1.05 bits per heavy atom. The van der Waals surface area contributed by atoms with E-state index in [9.17, 15) is 27.2 Å². The van der Waals surface area contributed by atoms with E-state index in [-0.39, 0.29) is 35.7 Å². The van der Waals surface area contributed by atoms with E-state index in [4.69, 9.17) is 4.52 Å². The molecule has 0 spiro atoms. The second-order valence-electron chi connectivity index (χ2n) is 10.2. The van der Waals surface area contributed by atoms with Gasteiger partial charge in [-0.1, -0.05) is 29.4 Å². The number of amides is 2. The van der Waals surface area contributed by atoms with Crippen LogP contribution >= 0.6 is 0 Å². The summed E-state index contributed by atoms with van der Waals surface area (Å²) in [4.78, 5) is 30.7. The smallest absolute Gasteiger partial charge is 0.354 e. The Balaban J connectivity index is 1.20. The van der Waals surface area contributed by atoms with E-state index in [0.717, 1.165) is 43.4 Å². The third kappa shape index (κ3) is 7.44. The van der Waals surface area contributed by atoms with E-state index in [0.29, 0.717) is 18.4 Å². The average Bonchev–Trinajstić information content (AvgIpc) is 3.41. The van der Waals surface area contributed by atoms with Crippen molar-refractivity contribution in [2.45, 2.75) is 37.9 Å². The summed E-state index contributed by atoms with van der Waals surface area (Å²) in [6, 6.07) is 11.0. The van der Waals surface area contributed by atoms with Gasteiger partial charge in [-0.15, -0.1) is 0 Å². The maximum absolute atomic E-state index is 13.8. The molecular weight excluding hydrogens is 530 g/mol. The number of rotatable bonds is 9. The van der Waals surface area contributed by atoms with Gasteiger partial charge < -0.3 is 20.1 Å². The molecule has 12 heteroatoms. The molecule has 1 aliphatic rings. The van der Waals surface area contributed by atoms with Crippen LogP contribution in [0.25, 0.3) is 11.4 Å². The van der Waals surface area contributed by atoms with Gasteiger partial charge in [-0.05, 0) is 81.4 Å². The number of halogens is 4. The zero-order valence-electron chi connectivity index (χ0n) is 22.2. The maximum atomic E-state index is 13.8. The summed E-state index contributed by atoms with van der Waals surface area (Å²) in [7, 11) is 4.00. The molecule has 2 aromatic carbocycles. The topological polar surface area (TPSA) is 100 Å². The van der Waals surface area contributed by atoms with Gasteiger partial charge in [0.2, 0.25) is 11.7 Å². The van der Waals surface area contributed by atoms with E-state index in [2.05, 4.69) is 25.7 Å². The first kappa shape index (κ1) is 29.2. The van der Waals surface area contributed by atoms with Crippen LogP contribution in [0, 0.1) is 17.7 Å². The van der Waals surface area contributed by atoms with Gasteiger partial charge in [0.1, 0.15) is 5.82 Å². The van der Waals surface area contributed by atoms with Crippen molar-refractivity contribution in [1.29, 1.82) is 0 Å². The van der Waals surface area contributed by atoms with E-state index in [1.54, 1.807) is 12.1 Å². The summed E-state index contributed by atoms with van der Waals surface area (Å²) < 4.78 is 56.9. The predicted molar refractivity (Wildman–Crippen MR) is 138 cm³/mol. The summed E-state index contributed by atoms with van der Waals surface area (Å²) in [5.74, 6) is -1.16. The third-order valence-electron chi connectivity index (χ3n) is 7.17. The highest BCUT2D eigenvalue weighted by molar-refractivity contribution is 5.93. The Hall–Kier alpha value is -3.80. The molecule has 1 aliphatic carbocycles. The highest BCUT2D eigenvalue weighted by atomic mass is 19.4. The number of nitrogens with one attached hydrogen (secondary N) is 2. The van der Waals surface area contributed by atoms with Crippen molar-refractivity contribution in [2.24, 2.45) is 11.8 Å². The number of carbonyl (C=O) groups excluding carboxylic acids is 2. The van der Waals surface area contributed by atoms with Gasteiger partial charge in [0.15, 0.2) is 0 Å². The minimum absolute atomic E-state index is 0.0483. The van der Waals surface area contributed by atoms with E-state index < -0.39 is 23.5 Å². The Bertz CT molecular complexity index is 1300. The van der Waals surface area contributed by atoms with Crippen LogP contribution in [0.1, 0.15) is 53.5 Å². The van der Waals surface area contributed by atoms with Gasteiger partial charge in [-0.2, -0.15) is 18.2 Å². The van der Waals surface area contributed by atoms with Crippen LogP contribution in [0.2, 0.25) is 0 Å². The molecule has 0 bridgehead atoms. The first-order valence-electron chi connectivity index (χ1n) is 13.0. The molecule has 1 fully saturated rings. The highest BCUT2D eigenvalue weighted by Crippen LogP contribution is 2.39. The van der Waals surface area contributed by atoms with Crippen LogP contribution in [0.3, 0.4) is 0 Å². The summed E-state index contributed by atoms with van der Waals surface area (Å²) in [5.41, 5.74) is 0.389. The molecule has 40 heavy (non-hydrogen) atoms. The van der Waals surface area contributed by atoms with Crippen molar-refractivity contribution in [3.8, 4) is 11.4 Å². The lowest BCUT2D eigenvalue weighted by atomic mass is 9.76. The molecule has 8 nitrogen and oxygen atoms in total. The van der Waals surface area contributed by atoms with Gasteiger partial charge in [0, 0.05) is 18.2 Å². The monoisotopic (exact) mass is 561 g/mol. The lowest BCUT2D eigenvalue weighted by Gasteiger charge is -2.37. The fraction of sp³-hybridized carbons (Fsp3) is 0.429.